The van der Waals surface area contributed by atoms with Gasteiger partial charge in [0.2, 0.25) is 11.7 Å². The maximum Gasteiger partial charge on any atom is 0.260 e. The van der Waals surface area contributed by atoms with Crippen LogP contribution in [0.3, 0.4) is 0 Å². The summed E-state index contributed by atoms with van der Waals surface area (Å²) in [6, 6.07) is 11.2. The quantitative estimate of drug-likeness (QED) is 0.572. The molecule has 0 unspecified atom stereocenters. The molecule has 2 aromatic heterocycles. The van der Waals surface area contributed by atoms with Crippen LogP contribution in [0, 0.1) is 0 Å². The number of anilines is 1. The minimum absolute atomic E-state index is 0.0161. The number of rotatable bonds is 7. The number of hydrogen-bond donors (Lipinski definition) is 0. The van der Waals surface area contributed by atoms with Gasteiger partial charge in [0.25, 0.3) is 5.91 Å². The number of para-hydroxylation sites is 2. The Balaban J connectivity index is 1.29. The molecule has 9 heteroatoms. The van der Waals surface area contributed by atoms with Crippen LogP contribution in [0.4, 0.5) is 5.82 Å². The Bertz CT molecular complexity index is 1010. The van der Waals surface area contributed by atoms with Gasteiger partial charge in [-0.3, -0.25) is 4.79 Å². The Morgan fingerprint density at radius 2 is 1.87 bits per heavy atom. The molecule has 1 aliphatic rings. The number of methoxy groups -OCH3 is 1. The number of hydrogen-bond acceptors (Lipinski definition) is 8. The van der Waals surface area contributed by atoms with Crippen LogP contribution in [-0.2, 0) is 11.2 Å². The lowest BCUT2D eigenvalue weighted by Gasteiger charge is -2.35. The van der Waals surface area contributed by atoms with Crippen molar-refractivity contribution in [1.82, 2.24) is 20.0 Å². The molecule has 0 spiro atoms. The highest BCUT2D eigenvalue weighted by atomic mass is 16.5. The number of carbonyl (C=O) groups excluding carboxylic acids is 1. The summed E-state index contributed by atoms with van der Waals surface area (Å²) in [7, 11) is 1.58. The predicted octanol–water partition coefficient (Wildman–Crippen LogP) is 2.43. The Kier molecular flexibility index (Phi) is 6.30. The molecule has 0 saturated carbocycles. The van der Waals surface area contributed by atoms with Crippen molar-refractivity contribution in [2.24, 2.45) is 0 Å². The molecule has 1 fully saturated rings. The minimum Gasteiger partial charge on any atom is -0.493 e. The Hall–Kier alpha value is -3.62. The van der Waals surface area contributed by atoms with Gasteiger partial charge >= 0.3 is 0 Å². The molecule has 0 aliphatic carbocycles. The molecule has 1 aromatic carbocycles. The first kappa shape index (κ1) is 20.6. The largest absolute Gasteiger partial charge is 0.493 e. The second-order valence-electron chi connectivity index (χ2n) is 7.08. The number of pyridine rings is 1. The molecule has 0 bridgehead atoms. The first-order valence-corrected chi connectivity index (χ1v) is 10.3. The fourth-order valence-electron chi connectivity index (χ4n) is 3.37. The zero-order valence-electron chi connectivity index (χ0n) is 17.7. The number of nitrogens with zero attached hydrogens (tertiary/aromatic N) is 5. The molecule has 1 aliphatic heterocycles. The number of benzene rings is 1. The first-order valence-electron chi connectivity index (χ1n) is 10.3. The van der Waals surface area contributed by atoms with Gasteiger partial charge in [-0.05, 0) is 24.3 Å². The summed E-state index contributed by atoms with van der Waals surface area (Å²) in [4.78, 5) is 25.4. The van der Waals surface area contributed by atoms with Gasteiger partial charge in [0.1, 0.15) is 5.82 Å². The van der Waals surface area contributed by atoms with Crippen LogP contribution in [0.2, 0.25) is 0 Å². The lowest BCUT2D eigenvalue weighted by atomic mass is 10.2. The van der Waals surface area contributed by atoms with Gasteiger partial charge in [-0.2, -0.15) is 4.98 Å². The highest BCUT2D eigenvalue weighted by molar-refractivity contribution is 5.78. The van der Waals surface area contributed by atoms with E-state index in [0.29, 0.717) is 55.8 Å². The van der Waals surface area contributed by atoms with E-state index in [1.165, 1.54) is 0 Å². The highest BCUT2D eigenvalue weighted by Gasteiger charge is 2.22. The molecule has 0 atom stereocenters. The van der Waals surface area contributed by atoms with Crippen LogP contribution in [0.5, 0.6) is 11.5 Å². The fourth-order valence-corrected chi connectivity index (χ4v) is 3.37. The lowest BCUT2D eigenvalue weighted by molar-refractivity contribution is -0.133. The van der Waals surface area contributed by atoms with Gasteiger partial charge < -0.3 is 23.8 Å². The topological polar surface area (TPSA) is 93.8 Å². The minimum atomic E-state index is -0.0438. The standard InChI is InChI=1S/C22H25N5O4/c1-3-20-24-22(25-31-20)16-8-9-19(23-14-16)26-10-12-27(13-11-26)21(28)15-30-18-7-5-4-6-17(18)29-2/h4-9,14H,3,10-13,15H2,1-2H3. The SMILES string of the molecule is CCc1nc(-c2ccc(N3CCN(C(=O)COc4ccccc4OC)CC3)nc2)no1. The Morgan fingerprint density at radius 1 is 1.10 bits per heavy atom. The maximum absolute atomic E-state index is 12.5. The Labute approximate surface area is 180 Å². The summed E-state index contributed by atoms with van der Waals surface area (Å²) in [6.45, 7) is 4.58. The summed E-state index contributed by atoms with van der Waals surface area (Å²) in [6.07, 6.45) is 2.45. The number of amides is 1. The number of piperazine rings is 1. The average Bonchev–Trinajstić information content (AvgIpc) is 3.32. The number of aromatic nitrogens is 3. The third-order valence-corrected chi connectivity index (χ3v) is 5.15. The van der Waals surface area contributed by atoms with Gasteiger partial charge in [-0.15, -0.1) is 0 Å². The van der Waals surface area contributed by atoms with E-state index in [1.807, 2.05) is 36.1 Å². The van der Waals surface area contributed by atoms with E-state index >= 15 is 0 Å². The molecule has 1 amide bonds. The molecule has 1 saturated heterocycles. The van der Waals surface area contributed by atoms with E-state index in [9.17, 15) is 4.79 Å². The molecule has 4 rings (SSSR count). The molecule has 3 aromatic rings. The number of aryl methyl sites for hydroxylation is 1. The summed E-state index contributed by atoms with van der Waals surface area (Å²) >= 11 is 0. The summed E-state index contributed by atoms with van der Waals surface area (Å²) < 4.78 is 16.1. The smallest absolute Gasteiger partial charge is 0.260 e. The van der Waals surface area contributed by atoms with E-state index in [4.69, 9.17) is 14.0 Å². The molecule has 0 radical (unpaired) electrons. The molecule has 3 heterocycles. The summed E-state index contributed by atoms with van der Waals surface area (Å²) in [5, 5.41) is 3.98. The Morgan fingerprint density at radius 3 is 2.52 bits per heavy atom. The summed E-state index contributed by atoms with van der Waals surface area (Å²) in [5.41, 5.74) is 0.814. The van der Waals surface area contributed by atoms with Crippen molar-refractivity contribution in [1.29, 1.82) is 0 Å². The van der Waals surface area contributed by atoms with Crippen molar-refractivity contribution in [2.75, 3.05) is 44.8 Å². The van der Waals surface area contributed by atoms with Crippen molar-refractivity contribution in [3.05, 3.63) is 48.5 Å². The number of carbonyl (C=O) groups is 1. The highest BCUT2D eigenvalue weighted by Crippen LogP contribution is 2.26. The van der Waals surface area contributed by atoms with Gasteiger partial charge in [-0.1, -0.05) is 24.2 Å². The monoisotopic (exact) mass is 423 g/mol. The van der Waals surface area contributed by atoms with E-state index in [0.717, 1.165) is 11.4 Å². The zero-order valence-corrected chi connectivity index (χ0v) is 17.7. The van der Waals surface area contributed by atoms with Crippen LogP contribution in [-0.4, -0.2) is 65.8 Å². The van der Waals surface area contributed by atoms with Crippen molar-refractivity contribution in [3.63, 3.8) is 0 Å². The molecule has 9 nitrogen and oxygen atoms in total. The third-order valence-electron chi connectivity index (χ3n) is 5.15. The van der Waals surface area contributed by atoms with Crippen molar-refractivity contribution in [2.45, 2.75) is 13.3 Å². The van der Waals surface area contributed by atoms with E-state index in [1.54, 1.807) is 25.4 Å². The average molecular weight is 423 g/mol. The van der Waals surface area contributed by atoms with Crippen LogP contribution in [0.15, 0.2) is 47.1 Å². The van der Waals surface area contributed by atoms with Gasteiger partial charge in [0.05, 0.1) is 7.11 Å². The van der Waals surface area contributed by atoms with Gasteiger partial charge in [-0.25, -0.2) is 4.98 Å². The van der Waals surface area contributed by atoms with Crippen LogP contribution < -0.4 is 14.4 Å². The van der Waals surface area contributed by atoms with Gasteiger partial charge in [0, 0.05) is 44.4 Å². The lowest BCUT2D eigenvalue weighted by Crippen LogP contribution is -2.50. The molecule has 162 valence electrons. The number of ether oxygens (including phenoxy) is 2. The first-order chi connectivity index (χ1) is 15.2. The molecule has 0 N–H and O–H groups in total. The normalized spacial score (nSPS) is 13.9. The fraction of sp³-hybridized carbons (Fsp3) is 0.364. The molecule has 31 heavy (non-hydrogen) atoms. The van der Waals surface area contributed by atoms with Crippen LogP contribution in [0.1, 0.15) is 12.8 Å². The van der Waals surface area contributed by atoms with E-state index < -0.39 is 0 Å². The molecular formula is C22H25N5O4. The molecular weight excluding hydrogens is 398 g/mol. The van der Waals surface area contributed by atoms with Crippen molar-refractivity contribution in [3.8, 4) is 22.9 Å². The van der Waals surface area contributed by atoms with Gasteiger partial charge in [0.15, 0.2) is 18.1 Å². The van der Waals surface area contributed by atoms with Crippen LogP contribution >= 0.6 is 0 Å². The second kappa shape index (κ2) is 9.46. The van der Waals surface area contributed by atoms with Crippen LogP contribution in [0.25, 0.3) is 11.4 Å². The second-order valence-corrected chi connectivity index (χ2v) is 7.08. The van der Waals surface area contributed by atoms with E-state index in [2.05, 4.69) is 20.0 Å². The maximum atomic E-state index is 12.5. The van der Waals surface area contributed by atoms with E-state index in [-0.39, 0.29) is 12.5 Å². The summed E-state index contributed by atoms with van der Waals surface area (Å²) in [5.74, 6) is 3.14. The van der Waals surface area contributed by atoms with Crippen molar-refractivity contribution >= 4 is 11.7 Å². The zero-order chi connectivity index (χ0) is 21.6. The van der Waals surface area contributed by atoms with Crippen molar-refractivity contribution < 1.29 is 18.8 Å². The predicted molar refractivity (Wildman–Crippen MR) is 114 cm³/mol. The third kappa shape index (κ3) is 4.76.